The fraction of sp³-hybridized carbons (Fsp3) is 0.818. The minimum atomic E-state index is -3.38. The Balaban J connectivity index is 2.43. The first-order valence-electron chi connectivity index (χ1n) is 5.71. The summed E-state index contributed by atoms with van der Waals surface area (Å²) in [6.07, 6.45) is 5.99. The molecule has 0 amide bonds. The van der Waals surface area contributed by atoms with Crippen LogP contribution in [-0.4, -0.2) is 38.2 Å². The standard InChI is InChI=1S/C11H20ClNO2S/c1-10(2)13-7-3-5-11(9-13)6-4-8-16(12,14)15/h4,6,10-11H,3,5,7-9H2,1-2H3/b6-4-. The fourth-order valence-corrected chi connectivity index (χ4v) is 2.59. The highest BCUT2D eigenvalue weighted by atomic mass is 35.7. The highest BCUT2D eigenvalue weighted by Crippen LogP contribution is 2.19. The van der Waals surface area contributed by atoms with Gasteiger partial charge in [-0.2, -0.15) is 0 Å². The van der Waals surface area contributed by atoms with Crippen molar-refractivity contribution in [1.29, 1.82) is 0 Å². The number of hydrogen-bond donors (Lipinski definition) is 0. The summed E-state index contributed by atoms with van der Waals surface area (Å²) in [5.41, 5.74) is 0. The van der Waals surface area contributed by atoms with Crippen molar-refractivity contribution in [3.63, 3.8) is 0 Å². The predicted molar refractivity (Wildman–Crippen MR) is 68.2 cm³/mol. The molecule has 16 heavy (non-hydrogen) atoms. The maximum Gasteiger partial charge on any atom is 0.236 e. The Kier molecular flexibility index (Phi) is 5.28. The zero-order chi connectivity index (χ0) is 12.2. The van der Waals surface area contributed by atoms with E-state index < -0.39 is 9.05 Å². The summed E-state index contributed by atoms with van der Waals surface area (Å²) in [7, 11) is 1.76. The Bertz CT molecular complexity index is 338. The van der Waals surface area contributed by atoms with Crippen LogP contribution in [0, 0.1) is 5.92 Å². The molecular weight excluding hydrogens is 246 g/mol. The molecular formula is C11H20ClNO2S. The zero-order valence-corrected chi connectivity index (χ0v) is 11.5. The predicted octanol–water partition coefficient (Wildman–Crippen LogP) is 2.23. The first kappa shape index (κ1) is 14.0. The van der Waals surface area contributed by atoms with E-state index in [2.05, 4.69) is 18.7 Å². The van der Waals surface area contributed by atoms with Crippen LogP contribution in [0.5, 0.6) is 0 Å². The largest absolute Gasteiger partial charge is 0.300 e. The number of rotatable bonds is 4. The third kappa shape index (κ3) is 5.32. The highest BCUT2D eigenvalue weighted by Gasteiger charge is 2.19. The second-order valence-electron chi connectivity index (χ2n) is 4.62. The van der Waals surface area contributed by atoms with Gasteiger partial charge in [0, 0.05) is 23.3 Å². The van der Waals surface area contributed by atoms with Crippen molar-refractivity contribution < 1.29 is 8.42 Å². The van der Waals surface area contributed by atoms with E-state index in [1.807, 2.05) is 6.08 Å². The second kappa shape index (κ2) is 6.03. The van der Waals surface area contributed by atoms with Gasteiger partial charge in [-0.25, -0.2) is 8.42 Å². The van der Waals surface area contributed by atoms with Gasteiger partial charge in [0.2, 0.25) is 9.05 Å². The molecule has 1 rings (SSSR count). The Morgan fingerprint density at radius 1 is 1.50 bits per heavy atom. The lowest BCUT2D eigenvalue weighted by atomic mass is 9.97. The van der Waals surface area contributed by atoms with Crippen molar-refractivity contribution >= 4 is 19.7 Å². The molecule has 0 aromatic heterocycles. The maximum absolute atomic E-state index is 10.7. The summed E-state index contributed by atoms with van der Waals surface area (Å²) in [6, 6.07) is 0.563. The summed E-state index contributed by atoms with van der Waals surface area (Å²) < 4.78 is 21.5. The van der Waals surface area contributed by atoms with Crippen LogP contribution in [0.2, 0.25) is 0 Å². The number of halogens is 1. The molecule has 1 saturated heterocycles. The van der Waals surface area contributed by atoms with E-state index >= 15 is 0 Å². The lowest BCUT2D eigenvalue weighted by Gasteiger charge is -2.34. The van der Waals surface area contributed by atoms with Gasteiger partial charge in [0.25, 0.3) is 0 Å². The van der Waals surface area contributed by atoms with Gasteiger partial charge in [-0.05, 0) is 39.2 Å². The Hall–Kier alpha value is -0.0600. The van der Waals surface area contributed by atoms with E-state index in [4.69, 9.17) is 10.7 Å². The van der Waals surface area contributed by atoms with Gasteiger partial charge in [0.1, 0.15) is 0 Å². The van der Waals surface area contributed by atoms with Crippen molar-refractivity contribution in [3.8, 4) is 0 Å². The minimum Gasteiger partial charge on any atom is -0.300 e. The molecule has 0 radical (unpaired) electrons. The van der Waals surface area contributed by atoms with Crippen LogP contribution in [0.1, 0.15) is 26.7 Å². The first-order chi connectivity index (χ1) is 7.38. The van der Waals surface area contributed by atoms with E-state index in [9.17, 15) is 8.42 Å². The van der Waals surface area contributed by atoms with Crippen LogP contribution in [0.4, 0.5) is 0 Å². The van der Waals surface area contributed by atoms with E-state index in [-0.39, 0.29) is 5.75 Å². The third-order valence-electron chi connectivity index (χ3n) is 2.92. The molecule has 0 aromatic carbocycles. The van der Waals surface area contributed by atoms with Crippen molar-refractivity contribution in [2.75, 3.05) is 18.8 Å². The Morgan fingerprint density at radius 3 is 2.75 bits per heavy atom. The molecule has 0 bridgehead atoms. The van der Waals surface area contributed by atoms with Crippen molar-refractivity contribution in [2.45, 2.75) is 32.7 Å². The molecule has 0 saturated carbocycles. The van der Waals surface area contributed by atoms with E-state index in [1.165, 1.54) is 6.42 Å². The van der Waals surface area contributed by atoms with Gasteiger partial charge in [0.15, 0.2) is 0 Å². The minimum absolute atomic E-state index is 0.0628. The molecule has 1 aliphatic heterocycles. The Labute approximate surface area is 103 Å². The molecule has 94 valence electrons. The average Bonchev–Trinajstić information content (AvgIpc) is 2.16. The topological polar surface area (TPSA) is 37.4 Å². The van der Waals surface area contributed by atoms with Crippen LogP contribution >= 0.6 is 10.7 Å². The highest BCUT2D eigenvalue weighted by molar-refractivity contribution is 8.13. The van der Waals surface area contributed by atoms with Crippen LogP contribution in [0.25, 0.3) is 0 Å². The molecule has 1 fully saturated rings. The monoisotopic (exact) mass is 265 g/mol. The number of hydrogen-bond acceptors (Lipinski definition) is 3. The molecule has 3 nitrogen and oxygen atoms in total. The quantitative estimate of drug-likeness (QED) is 0.578. The third-order valence-corrected chi connectivity index (χ3v) is 3.89. The zero-order valence-electron chi connectivity index (χ0n) is 9.89. The lowest BCUT2D eigenvalue weighted by Crippen LogP contribution is -2.39. The molecule has 1 aliphatic rings. The molecule has 0 aliphatic carbocycles. The van der Waals surface area contributed by atoms with Crippen LogP contribution in [0.3, 0.4) is 0 Å². The number of likely N-dealkylation sites (tertiary alicyclic amines) is 1. The summed E-state index contributed by atoms with van der Waals surface area (Å²) >= 11 is 0. The van der Waals surface area contributed by atoms with E-state index in [0.29, 0.717) is 12.0 Å². The lowest BCUT2D eigenvalue weighted by molar-refractivity contribution is 0.158. The smallest absolute Gasteiger partial charge is 0.236 e. The van der Waals surface area contributed by atoms with Crippen LogP contribution in [-0.2, 0) is 9.05 Å². The SMILES string of the molecule is CC(C)N1CCCC(/C=C\CS(=O)(=O)Cl)C1. The molecule has 0 spiro atoms. The van der Waals surface area contributed by atoms with Crippen molar-refractivity contribution in [3.05, 3.63) is 12.2 Å². The van der Waals surface area contributed by atoms with Gasteiger partial charge in [-0.15, -0.1) is 0 Å². The fourth-order valence-electron chi connectivity index (χ4n) is 2.03. The van der Waals surface area contributed by atoms with E-state index in [0.717, 1.165) is 19.5 Å². The molecule has 1 unspecified atom stereocenters. The van der Waals surface area contributed by atoms with Gasteiger partial charge in [-0.3, -0.25) is 0 Å². The van der Waals surface area contributed by atoms with Crippen molar-refractivity contribution in [2.24, 2.45) is 5.92 Å². The summed E-state index contributed by atoms with van der Waals surface area (Å²) in [4.78, 5) is 2.42. The molecule has 1 atom stereocenters. The van der Waals surface area contributed by atoms with Gasteiger partial charge >= 0.3 is 0 Å². The number of piperidine rings is 1. The summed E-state index contributed by atoms with van der Waals surface area (Å²) in [6.45, 7) is 6.55. The molecule has 1 heterocycles. The van der Waals surface area contributed by atoms with Gasteiger partial charge in [-0.1, -0.05) is 12.2 Å². The maximum atomic E-state index is 10.7. The first-order valence-corrected chi connectivity index (χ1v) is 8.19. The number of nitrogens with zero attached hydrogens (tertiary/aromatic N) is 1. The van der Waals surface area contributed by atoms with Gasteiger partial charge < -0.3 is 4.90 Å². The second-order valence-corrected chi connectivity index (χ2v) is 7.45. The van der Waals surface area contributed by atoms with Crippen LogP contribution < -0.4 is 0 Å². The van der Waals surface area contributed by atoms with E-state index in [1.54, 1.807) is 6.08 Å². The summed E-state index contributed by atoms with van der Waals surface area (Å²) in [5.74, 6) is 0.404. The molecule has 0 N–H and O–H groups in total. The van der Waals surface area contributed by atoms with Gasteiger partial charge in [0.05, 0.1) is 5.75 Å². The normalized spacial score (nSPS) is 24.4. The average molecular weight is 266 g/mol. The Morgan fingerprint density at radius 2 is 2.19 bits per heavy atom. The molecule has 5 heteroatoms. The summed E-state index contributed by atoms with van der Waals surface area (Å²) in [5, 5.41) is 0. The van der Waals surface area contributed by atoms with Crippen LogP contribution in [0.15, 0.2) is 12.2 Å². The molecule has 0 aromatic rings. The van der Waals surface area contributed by atoms with Crippen molar-refractivity contribution in [1.82, 2.24) is 4.90 Å².